The van der Waals surface area contributed by atoms with Crippen molar-refractivity contribution in [2.24, 2.45) is 5.41 Å². The van der Waals surface area contributed by atoms with Crippen LogP contribution in [0.3, 0.4) is 0 Å². The second-order valence-electron chi connectivity index (χ2n) is 9.00. The first kappa shape index (κ1) is 18.7. The number of aromatic nitrogens is 1. The Morgan fingerprint density at radius 1 is 1.32 bits per heavy atom. The van der Waals surface area contributed by atoms with Crippen LogP contribution < -0.4 is 0 Å². The highest BCUT2D eigenvalue weighted by atomic mass is 79.9. The predicted molar refractivity (Wildman–Crippen MR) is 109 cm³/mol. The Bertz CT molecular complexity index is 838. The maximum Gasteiger partial charge on any atom is 0.192 e. The summed E-state index contributed by atoms with van der Waals surface area (Å²) in [6, 6.07) is 8.14. The molecule has 0 saturated heterocycles. The molecule has 0 atom stereocenters. The molecule has 1 aromatic carbocycles. The van der Waals surface area contributed by atoms with Gasteiger partial charge in [-0.3, -0.25) is 0 Å². The largest absolute Gasteiger partial charge is 0.416 e. The second-order valence-corrected chi connectivity index (χ2v) is 14.7. The molecule has 0 aliphatic heterocycles. The molecule has 2 aromatic rings. The Balaban J connectivity index is 1.79. The predicted octanol–water partition coefficient (Wildman–Crippen LogP) is 6.08. The fourth-order valence-electron chi connectivity index (χ4n) is 2.89. The Morgan fingerprint density at radius 2 is 2.00 bits per heavy atom. The Kier molecular flexibility index (Phi) is 4.68. The molecule has 3 rings (SSSR count). The summed E-state index contributed by atoms with van der Waals surface area (Å²) in [5.41, 5.74) is 2.16. The molecule has 0 spiro atoms. The molecule has 1 heterocycles. The fraction of sp³-hybridized carbons (Fsp3) is 0.550. The zero-order chi connectivity index (χ0) is 18.5. The van der Waals surface area contributed by atoms with Crippen molar-refractivity contribution in [2.45, 2.75) is 58.3 Å². The van der Waals surface area contributed by atoms with E-state index in [2.05, 4.69) is 72.7 Å². The van der Waals surface area contributed by atoms with Gasteiger partial charge in [-0.05, 0) is 65.1 Å². The van der Waals surface area contributed by atoms with Gasteiger partial charge in [-0.2, -0.15) is 5.26 Å². The van der Waals surface area contributed by atoms with E-state index < -0.39 is 8.32 Å². The van der Waals surface area contributed by atoms with Gasteiger partial charge in [0.25, 0.3) is 0 Å². The Labute approximate surface area is 160 Å². The van der Waals surface area contributed by atoms with Crippen LogP contribution in [0.25, 0.3) is 10.9 Å². The van der Waals surface area contributed by atoms with E-state index >= 15 is 0 Å². The molecule has 0 amide bonds. The number of benzene rings is 1. The average Bonchev–Trinajstić information content (AvgIpc) is 3.24. The number of halogens is 1. The first-order valence-corrected chi connectivity index (χ1v) is 12.6. The summed E-state index contributed by atoms with van der Waals surface area (Å²) in [7, 11) is -1.71. The summed E-state index contributed by atoms with van der Waals surface area (Å²) in [4.78, 5) is 0. The third kappa shape index (κ3) is 3.72. The number of hydrogen-bond donors (Lipinski definition) is 0. The van der Waals surface area contributed by atoms with Gasteiger partial charge in [0, 0.05) is 40.1 Å². The van der Waals surface area contributed by atoms with Crippen LogP contribution in [0.1, 0.15) is 39.2 Å². The number of hydrogen-bond acceptors (Lipinski definition) is 2. The topological polar surface area (TPSA) is 38.0 Å². The molecule has 1 saturated carbocycles. The highest BCUT2D eigenvalue weighted by molar-refractivity contribution is 9.10. The van der Waals surface area contributed by atoms with E-state index in [4.69, 9.17) is 9.69 Å². The quantitative estimate of drug-likeness (QED) is 0.551. The smallest absolute Gasteiger partial charge is 0.192 e. The minimum Gasteiger partial charge on any atom is -0.416 e. The van der Waals surface area contributed by atoms with Crippen LogP contribution in [-0.4, -0.2) is 19.5 Å². The van der Waals surface area contributed by atoms with E-state index in [1.165, 1.54) is 18.4 Å². The molecule has 1 aliphatic rings. The van der Waals surface area contributed by atoms with Gasteiger partial charge in [0.1, 0.15) is 0 Å². The highest BCUT2D eigenvalue weighted by Crippen LogP contribution is 2.50. The lowest BCUT2D eigenvalue weighted by Gasteiger charge is -2.37. The molecule has 0 N–H and O–H groups in total. The van der Waals surface area contributed by atoms with E-state index in [1.807, 2.05) is 12.1 Å². The molecule has 1 aromatic heterocycles. The molecule has 1 fully saturated rings. The van der Waals surface area contributed by atoms with Crippen molar-refractivity contribution >= 4 is 35.2 Å². The Morgan fingerprint density at radius 3 is 2.56 bits per heavy atom. The third-order valence-corrected chi connectivity index (χ3v) is 11.1. The molecule has 134 valence electrons. The molecule has 0 radical (unpaired) electrons. The van der Waals surface area contributed by atoms with Crippen LogP contribution in [0.2, 0.25) is 18.1 Å². The van der Waals surface area contributed by atoms with Gasteiger partial charge in [0.15, 0.2) is 8.32 Å². The van der Waals surface area contributed by atoms with Crippen LogP contribution >= 0.6 is 15.9 Å². The molecule has 0 unspecified atom stereocenters. The van der Waals surface area contributed by atoms with Crippen molar-refractivity contribution in [3.8, 4) is 6.07 Å². The summed E-state index contributed by atoms with van der Waals surface area (Å²) >= 11 is 3.65. The Hall–Kier alpha value is -1.09. The van der Waals surface area contributed by atoms with E-state index in [-0.39, 0.29) is 10.5 Å². The van der Waals surface area contributed by atoms with Gasteiger partial charge in [-0.25, -0.2) is 0 Å². The van der Waals surface area contributed by atoms with Gasteiger partial charge < -0.3 is 8.99 Å². The first-order chi connectivity index (χ1) is 11.6. The molecular formula is C20H27BrN2OSi. The molecule has 1 aliphatic carbocycles. The minimum absolute atomic E-state index is 0.250. The van der Waals surface area contributed by atoms with Gasteiger partial charge in [-0.1, -0.05) is 20.8 Å². The van der Waals surface area contributed by atoms with Crippen LogP contribution in [-0.2, 0) is 11.0 Å². The molecule has 0 bridgehead atoms. The van der Waals surface area contributed by atoms with Gasteiger partial charge >= 0.3 is 0 Å². The summed E-state index contributed by atoms with van der Waals surface area (Å²) in [6.45, 7) is 13.4. The summed E-state index contributed by atoms with van der Waals surface area (Å²) in [5.74, 6) is 0. The number of rotatable bonds is 5. The molecule has 25 heavy (non-hydrogen) atoms. The first-order valence-electron chi connectivity index (χ1n) is 8.89. The van der Waals surface area contributed by atoms with Crippen molar-refractivity contribution in [1.82, 2.24) is 4.57 Å². The minimum atomic E-state index is -1.71. The number of nitrogens with zero attached hydrogens (tertiary/aromatic N) is 2. The average molecular weight is 419 g/mol. The van der Waals surface area contributed by atoms with Gasteiger partial charge in [-0.15, -0.1) is 0 Å². The van der Waals surface area contributed by atoms with Crippen molar-refractivity contribution in [3.63, 3.8) is 0 Å². The normalized spacial score (nSPS) is 16.8. The lowest BCUT2D eigenvalue weighted by Crippen LogP contribution is -2.42. The number of nitriles is 1. The van der Waals surface area contributed by atoms with Gasteiger partial charge in [0.05, 0.1) is 11.6 Å². The van der Waals surface area contributed by atoms with Crippen LogP contribution in [0, 0.1) is 16.7 Å². The maximum absolute atomic E-state index is 9.12. The fourth-order valence-corrected chi connectivity index (χ4v) is 4.56. The van der Waals surface area contributed by atoms with E-state index in [1.54, 1.807) is 0 Å². The standard InChI is InChI=1S/C20H27BrN2OSi/c1-19(2,3)25(4,5)24-14-20(8-9-20)13-23-12-17(21)16-10-15(11-22)6-7-18(16)23/h6-7,10,12H,8-9,13-14H2,1-5H3. The lowest BCUT2D eigenvalue weighted by atomic mass is 10.1. The van der Waals surface area contributed by atoms with E-state index in [0.717, 1.165) is 23.0 Å². The van der Waals surface area contributed by atoms with E-state index in [0.29, 0.717) is 5.56 Å². The van der Waals surface area contributed by atoms with Crippen molar-refractivity contribution < 1.29 is 4.43 Å². The second kappa shape index (κ2) is 6.26. The summed E-state index contributed by atoms with van der Waals surface area (Å²) in [6.07, 6.45) is 4.61. The zero-order valence-electron chi connectivity index (χ0n) is 15.8. The van der Waals surface area contributed by atoms with Crippen molar-refractivity contribution in [2.75, 3.05) is 6.61 Å². The molecule has 3 nitrogen and oxygen atoms in total. The maximum atomic E-state index is 9.12. The zero-order valence-corrected chi connectivity index (χ0v) is 18.4. The van der Waals surface area contributed by atoms with Crippen molar-refractivity contribution in [3.05, 3.63) is 34.4 Å². The summed E-state index contributed by atoms with van der Waals surface area (Å²) in [5, 5.41) is 10.5. The molecule has 5 heteroatoms. The van der Waals surface area contributed by atoms with Crippen LogP contribution in [0.5, 0.6) is 0 Å². The summed E-state index contributed by atoms with van der Waals surface area (Å²) < 4.78 is 9.90. The highest BCUT2D eigenvalue weighted by Gasteiger charge is 2.46. The molecular weight excluding hydrogens is 392 g/mol. The van der Waals surface area contributed by atoms with Gasteiger partial charge in [0.2, 0.25) is 0 Å². The lowest BCUT2D eigenvalue weighted by molar-refractivity contribution is 0.199. The SMILES string of the molecule is CC(C)(C)[Si](C)(C)OCC1(Cn2cc(Br)c3cc(C#N)ccc32)CC1. The monoisotopic (exact) mass is 418 g/mol. The third-order valence-electron chi connectivity index (χ3n) is 5.97. The van der Waals surface area contributed by atoms with E-state index in [9.17, 15) is 0 Å². The number of fused-ring (bicyclic) bond motifs is 1. The van der Waals surface area contributed by atoms with Crippen LogP contribution in [0.4, 0.5) is 0 Å². The van der Waals surface area contributed by atoms with Crippen LogP contribution in [0.15, 0.2) is 28.9 Å². The van der Waals surface area contributed by atoms with Crippen molar-refractivity contribution in [1.29, 1.82) is 5.26 Å².